The zero-order chi connectivity index (χ0) is 18.6. The first kappa shape index (κ1) is 18.3. The van der Waals surface area contributed by atoms with Crippen LogP contribution in [0.3, 0.4) is 0 Å². The Morgan fingerprint density at radius 3 is 2.37 bits per heavy atom. The average Bonchev–Trinajstić information content (AvgIpc) is 2.71. The molecular weight excluding hydrogens is 366 g/mol. The van der Waals surface area contributed by atoms with Crippen molar-refractivity contribution in [2.24, 2.45) is 0 Å². The number of ether oxygens (including phenoxy) is 2. The van der Waals surface area contributed by atoms with Crippen molar-refractivity contribution in [2.75, 3.05) is 69.3 Å². The number of benzene rings is 1. The van der Waals surface area contributed by atoms with Gasteiger partial charge in [-0.3, -0.25) is 0 Å². The summed E-state index contributed by atoms with van der Waals surface area (Å²) in [5.41, 5.74) is 0. The van der Waals surface area contributed by atoms with Crippen LogP contribution in [0.25, 0.3) is 0 Å². The first-order valence-corrected chi connectivity index (χ1v) is 9.63. The second kappa shape index (κ2) is 8.29. The molecule has 2 aromatic rings. The van der Waals surface area contributed by atoms with Crippen molar-refractivity contribution in [1.29, 1.82) is 0 Å². The molecule has 8 heteroatoms. The van der Waals surface area contributed by atoms with Crippen LogP contribution in [-0.2, 0) is 4.74 Å². The Morgan fingerprint density at radius 1 is 0.963 bits per heavy atom. The number of rotatable bonds is 4. The molecule has 0 N–H and O–H groups in total. The quantitative estimate of drug-likeness (QED) is 0.796. The zero-order valence-electron chi connectivity index (χ0n) is 15.5. The van der Waals surface area contributed by atoms with Crippen molar-refractivity contribution < 1.29 is 9.47 Å². The number of halogens is 1. The van der Waals surface area contributed by atoms with E-state index in [2.05, 4.69) is 26.7 Å². The second-order valence-corrected chi connectivity index (χ2v) is 7.24. The first-order chi connectivity index (χ1) is 13.2. The summed E-state index contributed by atoms with van der Waals surface area (Å²) in [5.74, 6) is 2.94. The minimum absolute atomic E-state index is 0.650. The fraction of sp³-hybridized carbons (Fsp3) is 0.474. The maximum atomic E-state index is 6.08. The molecule has 0 bridgehead atoms. The maximum Gasteiger partial charge on any atom is 0.227 e. The monoisotopic (exact) mass is 389 g/mol. The smallest absolute Gasteiger partial charge is 0.227 e. The molecule has 0 spiro atoms. The minimum atomic E-state index is 0.650. The van der Waals surface area contributed by atoms with Crippen LogP contribution in [0.1, 0.15) is 0 Å². The van der Waals surface area contributed by atoms with Gasteiger partial charge in [-0.05, 0) is 31.3 Å². The Balaban J connectivity index is 1.61. The number of likely N-dealkylation sites (N-methyl/N-ethyl adjacent to an activating group) is 1. The topological polar surface area (TPSA) is 54.0 Å². The fourth-order valence-electron chi connectivity index (χ4n) is 3.21. The first-order valence-electron chi connectivity index (χ1n) is 9.26. The Kier molecular flexibility index (Phi) is 5.61. The summed E-state index contributed by atoms with van der Waals surface area (Å²) >= 11 is 5.97. The summed E-state index contributed by atoms with van der Waals surface area (Å²) in [6, 6.07) is 7.31. The molecule has 2 saturated heterocycles. The maximum absolute atomic E-state index is 6.08. The van der Waals surface area contributed by atoms with Crippen LogP contribution in [-0.4, -0.2) is 74.4 Å². The minimum Gasteiger partial charge on any atom is -0.452 e. The van der Waals surface area contributed by atoms with Crippen LogP contribution in [0.2, 0.25) is 5.02 Å². The van der Waals surface area contributed by atoms with Crippen molar-refractivity contribution in [2.45, 2.75) is 0 Å². The van der Waals surface area contributed by atoms with E-state index in [1.54, 1.807) is 6.20 Å². The third-order valence-corrected chi connectivity index (χ3v) is 5.11. The van der Waals surface area contributed by atoms with E-state index in [-0.39, 0.29) is 0 Å². The highest BCUT2D eigenvalue weighted by Gasteiger charge is 2.22. The third-order valence-electron chi connectivity index (χ3n) is 4.86. The summed E-state index contributed by atoms with van der Waals surface area (Å²) < 4.78 is 11.6. The molecule has 0 radical (unpaired) electrons. The van der Waals surface area contributed by atoms with Crippen molar-refractivity contribution in [3.8, 4) is 11.5 Å². The molecular formula is C19H24ClN5O2. The predicted octanol–water partition coefficient (Wildman–Crippen LogP) is 2.51. The summed E-state index contributed by atoms with van der Waals surface area (Å²) in [6.07, 6.45) is 1.78. The van der Waals surface area contributed by atoms with Crippen LogP contribution in [0.5, 0.6) is 11.5 Å². The number of anilines is 2. The SMILES string of the molecule is CN1CCN(c2ncc(Oc3ccc(Cl)cc3)c(N3CCOCC3)n2)CC1. The molecule has 7 nitrogen and oxygen atoms in total. The highest BCUT2D eigenvalue weighted by molar-refractivity contribution is 6.30. The van der Waals surface area contributed by atoms with Gasteiger partial charge in [0, 0.05) is 44.3 Å². The zero-order valence-corrected chi connectivity index (χ0v) is 16.2. The van der Waals surface area contributed by atoms with E-state index >= 15 is 0 Å². The molecule has 4 rings (SSSR count). The van der Waals surface area contributed by atoms with Crippen LogP contribution < -0.4 is 14.5 Å². The number of hydrogen-bond donors (Lipinski definition) is 0. The van der Waals surface area contributed by atoms with Gasteiger partial charge in [0.2, 0.25) is 5.95 Å². The number of aromatic nitrogens is 2. The van der Waals surface area contributed by atoms with Gasteiger partial charge in [-0.15, -0.1) is 0 Å². The van der Waals surface area contributed by atoms with E-state index in [4.69, 9.17) is 26.1 Å². The third kappa shape index (κ3) is 4.43. The molecule has 1 aromatic heterocycles. The largest absolute Gasteiger partial charge is 0.452 e. The van der Waals surface area contributed by atoms with E-state index < -0.39 is 0 Å². The molecule has 0 amide bonds. The number of hydrogen-bond acceptors (Lipinski definition) is 7. The van der Waals surface area contributed by atoms with Gasteiger partial charge in [0.05, 0.1) is 19.4 Å². The highest BCUT2D eigenvalue weighted by atomic mass is 35.5. The van der Waals surface area contributed by atoms with Crippen LogP contribution >= 0.6 is 11.6 Å². The lowest BCUT2D eigenvalue weighted by atomic mass is 10.3. The van der Waals surface area contributed by atoms with Gasteiger partial charge in [0.25, 0.3) is 0 Å². The highest BCUT2D eigenvalue weighted by Crippen LogP contribution is 2.32. The average molecular weight is 390 g/mol. The lowest BCUT2D eigenvalue weighted by Gasteiger charge is -2.34. The molecule has 144 valence electrons. The summed E-state index contributed by atoms with van der Waals surface area (Å²) in [7, 11) is 2.14. The van der Waals surface area contributed by atoms with E-state index in [1.807, 2.05) is 24.3 Å². The summed E-state index contributed by atoms with van der Waals surface area (Å²) in [5, 5.41) is 0.678. The molecule has 2 aliphatic rings. The standard InChI is InChI=1S/C19H24ClN5O2/c1-23-6-8-25(9-7-23)19-21-14-17(27-16-4-2-15(20)3-5-16)18(22-19)24-10-12-26-13-11-24/h2-5,14H,6-13H2,1H3. The molecule has 1 aromatic carbocycles. The Labute approximate surface area is 164 Å². The van der Waals surface area contributed by atoms with Gasteiger partial charge in [-0.25, -0.2) is 4.98 Å². The lowest BCUT2D eigenvalue weighted by Crippen LogP contribution is -2.45. The van der Waals surface area contributed by atoms with Crippen LogP contribution in [0.15, 0.2) is 30.5 Å². The van der Waals surface area contributed by atoms with Crippen LogP contribution in [0.4, 0.5) is 11.8 Å². The van der Waals surface area contributed by atoms with E-state index in [0.717, 1.165) is 51.0 Å². The lowest BCUT2D eigenvalue weighted by molar-refractivity contribution is 0.122. The predicted molar refractivity (Wildman–Crippen MR) is 106 cm³/mol. The summed E-state index contributed by atoms with van der Waals surface area (Å²) in [6.45, 7) is 6.83. The molecule has 2 fully saturated rings. The molecule has 0 aliphatic carbocycles. The number of morpholine rings is 1. The molecule has 0 unspecified atom stereocenters. The fourth-order valence-corrected chi connectivity index (χ4v) is 3.34. The van der Waals surface area contributed by atoms with Gasteiger partial charge in [-0.1, -0.05) is 11.6 Å². The van der Waals surface area contributed by atoms with Crippen molar-refractivity contribution in [3.05, 3.63) is 35.5 Å². The molecule has 0 saturated carbocycles. The van der Waals surface area contributed by atoms with Gasteiger partial charge >= 0.3 is 0 Å². The molecule has 27 heavy (non-hydrogen) atoms. The Bertz CT molecular complexity index is 759. The van der Waals surface area contributed by atoms with Crippen molar-refractivity contribution in [3.63, 3.8) is 0 Å². The molecule has 3 heterocycles. The van der Waals surface area contributed by atoms with E-state index in [0.29, 0.717) is 29.7 Å². The second-order valence-electron chi connectivity index (χ2n) is 6.80. The normalized spacial score (nSPS) is 18.6. The van der Waals surface area contributed by atoms with Gasteiger partial charge in [-0.2, -0.15) is 4.98 Å². The van der Waals surface area contributed by atoms with E-state index in [9.17, 15) is 0 Å². The number of piperazine rings is 1. The van der Waals surface area contributed by atoms with Gasteiger partial charge in [0.1, 0.15) is 5.75 Å². The summed E-state index contributed by atoms with van der Waals surface area (Å²) in [4.78, 5) is 16.2. The van der Waals surface area contributed by atoms with Gasteiger partial charge in [0.15, 0.2) is 11.6 Å². The number of nitrogens with zero attached hydrogens (tertiary/aromatic N) is 5. The molecule has 2 aliphatic heterocycles. The van der Waals surface area contributed by atoms with E-state index in [1.165, 1.54) is 0 Å². The Morgan fingerprint density at radius 2 is 1.67 bits per heavy atom. The van der Waals surface area contributed by atoms with Crippen LogP contribution in [0, 0.1) is 0 Å². The molecule has 0 atom stereocenters. The van der Waals surface area contributed by atoms with Crippen molar-refractivity contribution in [1.82, 2.24) is 14.9 Å². The Hall–Kier alpha value is -2.09. The van der Waals surface area contributed by atoms with Crippen molar-refractivity contribution >= 4 is 23.4 Å². The van der Waals surface area contributed by atoms with Gasteiger partial charge < -0.3 is 24.2 Å².